The number of aromatic nitrogens is 1. The summed E-state index contributed by atoms with van der Waals surface area (Å²) in [4.78, 5) is 3.86. The van der Waals surface area contributed by atoms with Gasteiger partial charge in [0.2, 0.25) is 0 Å². The predicted molar refractivity (Wildman–Crippen MR) is 51.3 cm³/mol. The summed E-state index contributed by atoms with van der Waals surface area (Å²) in [5, 5.41) is 0.417. The molecule has 0 bridgehead atoms. The van der Waals surface area contributed by atoms with Gasteiger partial charge in [-0.15, -0.1) is 0 Å². The molecule has 1 aromatic heterocycles. The molecule has 1 rings (SSSR count). The van der Waals surface area contributed by atoms with Crippen LogP contribution in [0.15, 0.2) is 6.07 Å². The highest BCUT2D eigenvalue weighted by molar-refractivity contribution is 9.08. The molecule has 0 aliphatic heterocycles. The van der Waals surface area contributed by atoms with E-state index in [0.29, 0.717) is 16.6 Å². The van der Waals surface area contributed by atoms with Gasteiger partial charge in [-0.05, 0) is 25.0 Å². The first kappa shape index (κ1) is 10.6. The van der Waals surface area contributed by atoms with E-state index in [1.54, 1.807) is 13.0 Å². The average molecular weight is 250 g/mol. The number of pyridine rings is 1. The van der Waals surface area contributed by atoms with Crippen LogP contribution >= 0.6 is 15.9 Å². The largest absolute Gasteiger partial charge is 0.280 e. The van der Waals surface area contributed by atoms with Crippen molar-refractivity contribution >= 4 is 15.9 Å². The summed E-state index contributed by atoms with van der Waals surface area (Å²) in [6.07, 6.45) is -2.49. The minimum Gasteiger partial charge on any atom is -0.252 e. The minimum absolute atomic E-state index is 0.111. The van der Waals surface area contributed by atoms with Crippen LogP contribution in [0.1, 0.15) is 28.9 Å². The van der Waals surface area contributed by atoms with E-state index in [0.717, 1.165) is 5.56 Å². The fourth-order valence-corrected chi connectivity index (χ4v) is 1.53. The van der Waals surface area contributed by atoms with Crippen LogP contribution in [0.3, 0.4) is 0 Å². The smallest absolute Gasteiger partial charge is 0.252 e. The third-order valence-electron chi connectivity index (χ3n) is 1.93. The van der Waals surface area contributed by atoms with E-state index in [1.165, 1.54) is 0 Å². The lowest BCUT2D eigenvalue weighted by Crippen LogP contribution is -2.00. The lowest BCUT2D eigenvalue weighted by molar-refractivity contribution is 0.145. The van der Waals surface area contributed by atoms with E-state index in [2.05, 4.69) is 20.9 Å². The van der Waals surface area contributed by atoms with Gasteiger partial charge in [-0.2, -0.15) is 0 Å². The molecule has 0 spiro atoms. The fourth-order valence-electron chi connectivity index (χ4n) is 1.08. The molecule has 0 aliphatic carbocycles. The molecule has 0 saturated heterocycles. The second-order valence-electron chi connectivity index (χ2n) is 2.87. The summed E-state index contributed by atoms with van der Waals surface area (Å²) in [6, 6.07) is 1.75. The van der Waals surface area contributed by atoms with E-state index < -0.39 is 6.43 Å². The standard InChI is InChI=1S/C9H10BrF2N/c1-5-3-7(4-10)8(9(11)12)13-6(5)2/h3,9H,4H2,1-2H3. The third-order valence-corrected chi connectivity index (χ3v) is 2.53. The van der Waals surface area contributed by atoms with Crippen molar-refractivity contribution in [3.05, 3.63) is 28.6 Å². The van der Waals surface area contributed by atoms with Crippen LogP contribution in [-0.2, 0) is 5.33 Å². The first-order valence-corrected chi connectivity index (χ1v) is 4.99. The Bertz CT molecular complexity index is 313. The molecule has 0 amide bonds. The Kier molecular flexibility index (Phi) is 3.36. The summed E-state index contributed by atoms with van der Waals surface area (Å²) in [7, 11) is 0. The monoisotopic (exact) mass is 249 g/mol. The highest BCUT2D eigenvalue weighted by Gasteiger charge is 2.15. The highest BCUT2D eigenvalue weighted by atomic mass is 79.9. The Morgan fingerprint density at radius 3 is 2.54 bits per heavy atom. The van der Waals surface area contributed by atoms with E-state index in [9.17, 15) is 8.78 Å². The molecule has 0 N–H and O–H groups in total. The van der Waals surface area contributed by atoms with E-state index in [4.69, 9.17) is 0 Å². The van der Waals surface area contributed by atoms with Gasteiger partial charge in [-0.25, -0.2) is 8.78 Å². The first-order chi connectivity index (χ1) is 6.06. The maximum absolute atomic E-state index is 12.4. The lowest BCUT2D eigenvalue weighted by Gasteiger charge is -2.08. The molecule has 0 atom stereocenters. The van der Waals surface area contributed by atoms with Gasteiger partial charge in [0.15, 0.2) is 0 Å². The van der Waals surface area contributed by atoms with Gasteiger partial charge >= 0.3 is 0 Å². The van der Waals surface area contributed by atoms with Gasteiger partial charge in [0.05, 0.1) is 0 Å². The SMILES string of the molecule is Cc1cc(CBr)c(C(F)F)nc1C. The van der Waals surface area contributed by atoms with Crippen molar-refractivity contribution in [2.45, 2.75) is 25.6 Å². The van der Waals surface area contributed by atoms with Crippen molar-refractivity contribution in [1.29, 1.82) is 0 Å². The van der Waals surface area contributed by atoms with E-state index in [-0.39, 0.29) is 5.69 Å². The number of aryl methyl sites for hydroxylation is 2. The van der Waals surface area contributed by atoms with Crippen LogP contribution in [0.5, 0.6) is 0 Å². The number of rotatable bonds is 2. The molecule has 0 saturated carbocycles. The van der Waals surface area contributed by atoms with Crippen LogP contribution in [0.25, 0.3) is 0 Å². The molecule has 0 fully saturated rings. The maximum Gasteiger partial charge on any atom is 0.280 e. The number of halogens is 3. The lowest BCUT2D eigenvalue weighted by atomic mass is 10.1. The van der Waals surface area contributed by atoms with Crippen LogP contribution in [0, 0.1) is 13.8 Å². The van der Waals surface area contributed by atoms with Crippen LogP contribution in [0.2, 0.25) is 0 Å². The Hall–Kier alpha value is -0.510. The van der Waals surface area contributed by atoms with Crippen LogP contribution in [0.4, 0.5) is 8.78 Å². The second kappa shape index (κ2) is 4.13. The molecule has 72 valence electrons. The molecule has 0 unspecified atom stereocenters. The van der Waals surface area contributed by atoms with Crippen molar-refractivity contribution in [2.24, 2.45) is 0 Å². The molecule has 4 heteroatoms. The van der Waals surface area contributed by atoms with Crippen molar-refractivity contribution in [1.82, 2.24) is 4.98 Å². The Balaban J connectivity index is 3.25. The average Bonchev–Trinajstić information content (AvgIpc) is 2.08. The zero-order valence-corrected chi connectivity index (χ0v) is 9.03. The van der Waals surface area contributed by atoms with Gasteiger partial charge in [-0.3, -0.25) is 4.98 Å². The number of hydrogen-bond donors (Lipinski definition) is 0. The summed E-state index contributed by atoms with van der Waals surface area (Å²) in [5.74, 6) is 0. The minimum atomic E-state index is -2.49. The molecule has 0 aromatic carbocycles. The zero-order valence-electron chi connectivity index (χ0n) is 7.44. The topological polar surface area (TPSA) is 12.9 Å². The zero-order chi connectivity index (χ0) is 10.0. The predicted octanol–water partition coefficient (Wildman–Crippen LogP) is 3.53. The van der Waals surface area contributed by atoms with Crippen LogP contribution in [-0.4, -0.2) is 4.98 Å². The van der Waals surface area contributed by atoms with Crippen LogP contribution < -0.4 is 0 Å². The third kappa shape index (κ3) is 2.24. The van der Waals surface area contributed by atoms with Crippen molar-refractivity contribution in [2.75, 3.05) is 0 Å². The molecule has 1 nitrogen and oxygen atoms in total. The van der Waals surface area contributed by atoms with Crippen molar-refractivity contribution in [3.8, 4) is 0 Å². The molecular weight excluding hydrogens is 240 g/mol. The normalized spacial score (nSPS) is 10.9. The van der Waals surface area contributed by atoms with Crippen molar-refractivity contribution < 1.29 is 8.78 Å². The fraction of sp³-hybridized carbons (Fsp3) is 0.444. The molecule has 13 heavy (non-hydrogen) atoms. The molecule has 0 aliphatic rings. The summed E-state index contributed by atoms with van der Waals surface area (Å²) >= 11 is 3.16. The summed E-state index contributed by atoms with van der Waals surface area (Å²) in [6.45, 7) is 3.60. The Morgan fingerprint density at radius 2 is 2.08 bits per heavy atom. The highest BCUT2D eigenvalue weighted by Crippen LogP contribution is 2.24. The van der Waals surface area contributed by atoms with Gasteiger partial charge in [-0.1, -0.05) is 22.0 Å². The quantitative estimate of drug-likeness (QED) is 0.731. The Morgan fingerprint density at radius 1 is 1.46 bits per heavy atom. The van der Waals surface area contributed by atoms with Gasteiger partial charge < -0.3 is 0 Å². The number of nitrogens with zero attached hydrogens (tertiary/aromatic N) is 1. The second-order valence-corrected chi connectivity index (χ2v) is 3.43. The Labute approximate surface area is 84.3 Å². The first-order valence-electron chi connectivity index (χ1n) is 3.87. The number of hydrogen-bond acceptors (Lipinski definition) is 1. The summed E-state index contributed by atoms with van der Waals surface area (Å²) < 4.78 is 24.9. The molecule has 1 aromatic rings. The number of alkyl halides is 3. The molecule has 0 radical (unpaired) electrons. The summed E-state index contributed by atoms with van der Waals surface area (Å²) in [5.41, 5.74) is 2.07. The van der Waals surface area contributed by atoms with Gasteiger partial charge in [0.25, 0.3) is 6.43 Å². The maximum atomic E-state index is 12.4. The molecule has 1 heterocycles. The van der Waals surface area contributed by atoms with E-state index >= 15 is 0 Å². The van der Waals surface area contributed by atoms with Crippen molar-refractivity contribution in [3.63, 3.8) is 0 Å². The van der Waals surface area contributed by atoms with Gasteiger partial charge in [0.1, 0.15) is 5.69 Å². The van der Waals surface area contributed by atoms with E-state index in [1.807, 2.05) is 6.92 Å². The molecular formula is C9H10BrF2N. The van der Waals surface area contributed by atoms with Gasteiger partial charge in [0, 0.05) is 11.0 Å².